The van der Waals surface area contributed by atoms with Crippen LogP contribution in [0.3, 0.4) is 0 Å². The molecule has 2 aliphatic heterocycles. The minimum Gasteiger partial charge on any atom is -0.463 e. The molecule has 0 spiro atoms. The van der Waals surface area contributed by atoms with Crippen LogP contribution in [0, 0.1) is 0 Å². The third kappa shape index (κ3) is 5.90. The van der Waals surface area contributed by atoms with Gasteiger partial charge in [0.25, 0.3) is 5.91 Å². The molecule has 0 unspecified atom stereocenters. The second-order valence-electron chi connectivity index (χ2n) is 9.98. The molecule has 0 N–H and O–H groups in total. The van der Waals surface area contributed by atoms with Crippen molar-refractivity contribution in [3.05, 3.63) is 59.2 Å². The summed E-state index contributed by atoms with van der Waals surface area (Å²) in [5.74, 6) is -0.992. The van der Waals surface area contributed by atoms with E-state index in [9.17, 15) is 14.4 Å². The summed E-state index contributed by atoms with van der Waals surface area (Å²) in [7, 11) is 0. The first kappa shape index (κ1) is 25.4. The summed E-state index contributed by atoms with van der Waals surface area (Å²) in [4.78, 5) is 44.6. The number of benzene rings is 2. The number of carbonyl (C=O) groups is 3. The molecule has 0 aliphatic carbocycles. The average molecular weight is 489 g/mol. The number of hydrogen-bond donors (Lipinski definition) is 0. The molecule has 1 saturated heterocycles. The molecule has 2 aromatic carbocycles. The predicted octanol–water partition coefficient (Wildman–Crippen LogP) is 5.35. The highest BCUT2D eigenvalue weighted by molar-refractivity contribution is 6.39. The van der Waals surface area contributed by atoms with Crippen molar-refractivity contribution < 1.29 is 23.9 Å². The van der Waals surface area contributed by atoms with E-state index in [1.165, 1.54) is 0 Å². The van der Waals surface area contributed by atoms with E-state index in [0.717, 1.165) is 37.1 Å². The maximum absolute atomic E-state index is 12.9. The fourth-order valence-electron chi connectivity index (χ4n) is 4.26. The highest BCUT2D eigenvalue weighted by atomic mass is 16.6. The average Bonchev–Trinajstić information content (AvgIpc) is 3.30. The molecule has 0 aromatic heterocycles. The van der Waals surface area contributed by atoms with E-state index < -0.39 is 17.5 Å². The predicted molar refractivity (Wildman–Crippen MR) is 139 cm³/mol. The topological polar surface area (TPSA) is 85.3 Å². The number of rotatable bonds is 5. The van der Waals surface area contributed by atoms with Crippen molar-refractivity contribution in [2.45, 2.75) is 52.6 Å². The van der Waals surface area contributed by atoms with Crippen molar-refractivity contribution in [2.24, 2.45) is 4.99 Å². The van der Waals surface area contributed by atoms with Gasteiger partial charge in [-0.1, -0.05) is 24.3 Å². The summed E-state index contributed by atoms with van der Waals surface area (Å²) in [6, 6.07) is 13.2. The van der Waals surface area contributed by atoms with Crippen molar-refractivity contribution in [3.63, 3.8) is 0 Å². The van der Waals surface area contributed by atoms with Gasteiger partial charge >= 0.3 is 11.9 Å². The van der Waals surface area contributed by atoms with E-state index >= 15 is 0 Å². The maximum atomic E-state index is 12.9. The lowest BCUT2D eigenvalue weighted by molar-refractivity contribution is -0.146. The van der Waals surface area contributed by atoms with Crippen LogP contribution in [0.4, 0.5) is 5.69 Å². The highest BCUT2D eigenvalue weighted by Gasteiger charge is 2.27. The molecule has 2 heterocycles. The number of ether oxygens (including phenoxy) is 2. The van der Waals surface area contributed by atoms with Gasteiger partial charge in [0.1, 0.15) is 11.3 Å². The largest absolute Gasteiger partial charge is 0.463 e. The summed E-state index contributed by atoms with van der Waals surface area (Å²) >= 11 is 0. The van der Waals surface area contributed by atoms with Crippen LogP contribution in [0.25, 0.3) is 17.2 Å². The number of fused-ring (bicyclic) bond motifs is 1. The molecule has 7 heteroatoms. The maximum Gasteiger partial charge on any atom is 0.353 e. The van der Waals surface area contributed by atoms with Gasteiger partial charge in [-0.3, -0.25) is 4.79 Å². The summed E-state index contributed by atoms with van der Waals surface area (Å²) in [6.45, 7) is 8.95. The summed E-state index contributed by atoms with van der Waals surface area (Å²) in [5, 5.41) is 0. The Labute approximate surface area is 211 Å². The van der Waals surface area contributed by atoms with Crippen LogP contribution in [0.2, 0.25) is 0 Å². The molecule has 1 fully saturated rings. The Morgan fingerprint density at radius 2 is 1.61 bits per heavy atom. The summed E-state index contributed by atoms with van der Waals surface area (Å²) in [5.41, 5.74) is 3.54. The van der Waals surface area contributed by atoms with Gasteiger partial charge in [0.2, 0.25) is 0 Å². The lowest BCUT2D eigenvalue weighted by Crippen LogP contribution is -2.29. The number of likely N-dealkylation sites (tertiary alicyclic amines) is 1. The lowest BCUT2D eigenvalue weighted by atomic mass is 10.00. The van der Waals surface area contributed by atoms with Crippen LogP contribution in [0.15, 0.2) is 53.0 Å². The molecule has 36 heavy (non-hydrogen) atoms. The van der Waals surface area contributed by atoms with Gasteiger partial charge in [0.15, 0.2) is 0 Å². The fourth-order valence-corrected chi connectivity index (χ4v) is 4.26. The van der Waals surface area contributed by atoms with Crippen LogP contribution >= 0.6 is 0 Å². The molecule has 7 nitrogen and oxygen atoms in total. The standard InChI is InChI=1S/C29H32N2O5/c1-5-35-27(33)23-16-22-13-12-21(17-24(22)30-25(18-23)28(34)36-29(2,3)4)19-8-10-20(11-9-19)26(32)31-14-6-7-15-31/h8-13,16-17H,5-7,14-15,18H2,1-4H3. The van der Waals surface area contributed by atoms with E-state index in [1.807, 2.05) is 47.4 Å². The van der Waals surface area contributed by atoms with E-state index in [2.05, 4.69) is 4.99 Å². The number of carbonyl (C=O) groups excluding carboxylic acids is 3. The Balaban J connectivity index is 1.67. The monoisotopic (exact) mass is 488 g/mol. The van der Waals surface area contributed by atoms with Crippen LogP contribution in [-0.4, -0.2) is 53.8 Å². The van der Waals surface area contributed by atoms with Crippen LogP contribution in [0.5, 0.6) is 0 Å². The number of amides is 1. The van der Waals surface area contributed by atoms with E-state index in [1.54, 1.807) is 33.8 Å². The first-order valence-electron chi connectivity index (χ1n) is 12.4. The van der Waals surface area contributed by atoms with Crippen molar-refractivity contribution in [1.82, 2.24) is 4.90 Å². The first-order chi connectivity index (χ1) is 17.1. The molecule has 4 rings (SSSR count). The van der Waals surface area contributed by atoms with Crippen molar-refractivity contribution in [2.75, 3.05) is 19.7 Å². The quantitative estimate of drug-likeness (QED) is 0.530. The normalized spacial score (nSPS) is 15.4. The Kier molecular flexibility index (Phi) is 7.38. The Morgan fingerprint density at radius 3 is 2.25 bits per heavy atom. The minimum atomic E-state index is -0.696. The zero-order valence-electron chi connectivity index (χ0n) is 21.3. The molecular weight excluding hydrogens is 456 g/mol. The third-order valence-electron chi connectivity index (χ3n) is 6.00. The molecule has 188 valence electrons. The van der Waals surface area contributed by atoms with Gasteiger partial charge in [0, 0.05) is 36.2 Å². The van der Waals surface area contributed by atoms with E-state index in [0.29, 0.717) is 22.4 Å². The Bertz CT molecular complexity index is 1230. The van der Waals surface area contributed by atoms with Crippen molar-refractivity contribution >= 4 is 35.3 Å². The van der Waals surface area contributed by atoms with Crippen LogP contribution in [0.1, 0.15) is 62.9 Å². The molecule has 1 amide bonds. The Morgan fingerprint density at radius 1 is 0.944 bits per heavy atom. The molecule has 0 bridgehead atoms. The molecule has 0 saturated carbocycles. The highest BCUT2D eigenvalue weighted by Crippen LogP contribution is 2.33. The molecule has 0 atom stereocenters. The molecule has 2 aliphatic rings. The van der Waals surface area contributed by atoms with Crippen LogP contribution < -0.4 is 0 Å². The number of nitrogens with zero attached hydrogens (tertiary/aromatic N) is 2. The van der Waals surface area contributed by atoms with Gasteiger partial charge < -0.3 is 14.4 Å². The molecule has 0 radical (unpaired) electrons. The number of hydrogen-bond acceptors (Lipinski definition) is 6. The molecule has 2 aromatic rings. The van der Waals surface area contributed by atoms with Gasteiger partial charge in [-0.2, -0.15) is 0 Å². The number of esters is 2. The minimum absolute atomic E-state index is 0.0189. The van der Waals surface area contributed by atoms with Gasteiger partial charge in [-0.05, 0) is 75.9 Å². The third-order valence-corrected chi connectivity index (χ3v) is 6.00. The van der Waals surface area contributed by atoms with Crippen molar-refractivity contribution in [1.29, 1.82) is 0 Å². The summed E-state index contributed by atoms with van der Waals surface area (Å²) in [6.07, 6.45) is 3.84. The van der Waals surface area contributed by atoms with Gasteiger partial charge in [0.05, 0.1) is 12.3 Å². The zero-order valence-corrected chi connectivity index (χ0v) is 21.3. The summed E-state index contributed by atoms with van der Waals surface area (Å²) < 4.78 is 10.7. The van der Waals surface area contributed by atoms with Gasteiger partial charge in [-0.15, -0.1) is 0 Å². The van der Waals surface area contributed by atoms with Crippen molar-refractivity contribution in [3.8, 4) is 11.1 Å². The van der Waals surface area contributed by atoms with Crippen LogP contribution in [-0.2, 0) is 19.1 Å². The molecular formula is C29H32N2O5. The Hall–Kier alpha value is -3.74. The first-order valence-corrected chi connectivity index (χ1v) is 12.4. The zero-order chi connectivity index (χ0) is 25.9. The van der Waals surface area contributed by atoms with E-state index in [4.69, 9.17) is 9.47 Å². The SMILES string of the molecule is CCOC(=O)C1=Cc2ccc(-c3ccc(C(=O)N4CCCC4)cc3)cc2N=C(C(=O)OC(C)(C)C)C1. The van der Waals surface area contributed by atoms with Gasteiger partial charge in [-0.25, -0.2) is 14.6 Å². The lowest BCUT2D eigenvalue weighted by Gasteiger charge is -2.20. The smallest absolute Gasteiger partial charge is 0.353 e. The fraction of sp³-hybridized carbons (Fsp3) is 0.379. The second kappa shape index (κ2) is 10.5. The second-order valence-corrected chi connectivity index (χ2v) is 9.98. The number of aliphatic imine (C=N–C) groups is 1. The van der Waals surface area contributed by atoms with E-state index in [-0.39, 0.29) is 24.6 Å².